The molecular weight excluding hydrogens is 428 g/mol. The smallest absolute Gasteiger partial charge is 0.145 e. The number of aliphatic hydroxyl groups excluding tert-OH is 1. The number of hydrogen-bond acceptors (Lipinski definition) is 6. The van der Waals surface area contributed by atoms with Gasteiger partial charge in [-0.25, -0.2) is 0 Å². The summed E-state index contributed by atoms with van der Waals surface area (Å²) in [7, 11) is 1.65. The fourth-order valence-corrected chi connectivity index (χ4v) is 3.87. The number of oxime groups is 1. The minimum absolute atomic E-state index is 0.0879. The van der Waals surface area contributed by atoms with Crippen molar-refractivity contribution in [3.05, 3.63) is 64.7 Å². The number of aliphatic hydroxyl groups is 1. The molecule has 32 heavy (non-hydrogen) atoms. The van der Waals surface area contributed by atoms with E-state index in [2.05, 4.69) is 23.9 Å². The first kappa shape index (κ1) is 24.5. The number of rotatable bonds is 12. The molecule has 0 bridgehead atoms. The van der Waals surface area contributed by atoms with E-state index in [0.29, 0.717) is 50.2 Å². The molecule has 174 valence electrons. The van der Waals surface area contributed by atoms with Crippen LogP contribution in [0.3, 0.4) is 0 Å². The highest BCUT2D eigenvalue weighted by Crippen LogP contribution is 2.21. The van der Waals surface area contributed by atoms with E-state index in [1.54, 1.807) is 7.11 Å². The highest BCUT2D eigenvalue weighted by Gasteiger charge is 2.26. The maximum atomic E-state index is 10.5. The summed E-state index contributed by atoms with van der Waals surface area (Å²) >= 11 is 6.17. The van der Waals surface area contributed by atoms with Crippen molar-refractivity contribution in [1.82, 2.24) is 4.90 Å². The summed E-state index contributed by atoms with van der Waals surface area (Å²) in [6.45, 7) is 6.89. The average molecular weight is 461 g/mol. The van der Waals surface area contributed by atoms with Crippen LogP contribution in [0.25, 0.3) is 0 Å². The van der Waals surface area contributed by atoms with Crippen molar-refractivity contribution in [3.63, 3.8) is 0 Å². The van der Waals surface area contributed by atoms with Gasteiger partial charge in [0, 0.05) is 37.7 Å². The third-order valence-corrected chi connectivity index (χ3v) is 5.38. The Bertz CT molecular complexity index is 873. The van der Waals surface area contributed by atoms with Crippen LogP contribution in [0, 0.1) is 5.92 Å². The molecule has 0 saturated carbocycles. The maximum Gasteiger partial charge on any atom is 0.145 e. The average Bonchev–Trinajstić information content (AvgIpc) is 3.22. The van der Waals surface area contributed by atoms with Gasteiger partial charge in [0.15, 0.2) is 0 Å². The topological polar surface area (TPSA) is 63.5 Å². The van der Waals surface area contributed by atoms with Crippen LogP contribution in [-0.2, 0) is 16.1 Å². The molecule has 1 heterocycles. The lowest BCUT2D eigenvalue weighted by atomic mass is 10.0. The molecule has 2 aromatic rings. The van der Waals surface area contributed by atoms with Gasteiger partial charge in [0.05, 0.1) is 25.5 Å². The Morgan fingerprint density at radius 1 is 1.19 bits per heavy atom. The van der Waals surface area contributed by atoms with Crippen molar-refractivity contribution in [1.29, 1.82) is 0 Å². The van der Waals surface area contributed by atoms with Crippen molar-refractivity contribution in [2.75, 3.05) is 33.4 Å². The molecule has 2 aromatic carbocycles. The lowest BCUT2D eigenvalue weighted by Gasteiger charge is -2.27. The largest absolute Gasteiger partial charge is 0.497 e. The molecule has 2 atom stereocenters. The molecule has 1 aliphatic rings. The van der Waals surface area contributed by atoms with Crippen LogP contribution in [0.4, 0.5) is 0 Å². The zero-order valence-electron chi connectivity index (χ0n) is 19.0. The predicted octanol–water partition coefficient (Wildman–Crippen LogP) is 4.38. The molecule has 3 rings (SSSR count). The summed E-state index contributed by atoms with van der Waals surface area (Å²) in [5, 5.41) is 15.5. The van der Waals surface area contributed by atoms with Gasteiger partial charge >= 0.3 is 0 Å². The lowest BCUT2D eigenvalue weighted by Crippen LogP contribution is -2.39. The molecule has 0 saturated heterocycles. The summed E-state index contributed by atoms with van der Waals surface area (Å²) in [6.07, 6.45) is 0.0320. The Balaban J connectivity index is 1.60. The van der Waals surface area contributed by atoms with Gasteiger partial charge in [-0.05, 0) is 53.4 Å². The Labute approximate surface area is 195 Å². The standard InChI is InChI=1S/C25H33ClN2O4/c1-18(2)16-31-17-22(29)14-28(13-19-5-4-6-21(26)11-19)15-24-12-25(27-32-24)20-7-9-23(30-3)10-8-20/h4-11,18,22,24,29H,12-17H2,1-3H3/t22-,24+/m0/s1. The molecule has 0 fully saturated rings. The number of benzene rings is 2. The fourth-order valence-electron chi connectivity index (χ4n) is 3.66. The summed E-state index contributed by atoms with van der Waals surface area (Å²) in [5.41, 5.74) is 3.03. The van der Waals surface area contributed by atoms with Crippen LogP contribution in [0.2, 0.25) is 5.02 Å². The monoisotopic (exact) mass is 460 g/mol. The third-order valence-electron chi connectivity index (χ3n) is 5.14. The molecule has 0 aliphatic carbocycles. The van der Waals surface area contributed by atoms with E-state index in [9.17, 15) is 5.11 Å². The van der Waals surface area contributed by atoms with Crippen LogP contribution < -0.4 is 4.74 Å². The van der Waals surface area contributed by atoms with Gasteiger partial charge in [-0.3, -0.25) is 4.90 Å². The highest BCUT2D eigenvalue weighted by molar-refractivity contribution is 6.30. The van der Waals surface area contributed by atoms with Crippen LogP contribution in [-0.4, -0.2) is 61.3 Å². The second kappa shape index (κ2) is 12.2. The molecule has 0 amide bonds. The number of nitrogens with zero attached hydrogens (tertiary/aromatic N) is 2. The molecule has 6 nitrogen and oxygen atoms in total. The van der Waals surface area contributed by atoms with Crippen LogP contribution in [0.5, 0.6) is 5.75 Å². The van der Waals surface area contributed by atoms with Gasteiger partial charge < -0.3 is 19.4 Å². The minimum Gasteiger partial charge on any atom is -0.497 e. The predicted molar refractivity (Wildman–Crippen MR) is 127 cm³/mol. The van der Waals surface area contributed by atoms with E-state index in [0.717, 1.165) is 22.6 Å². The summed E-state index contributed by atoms with van der Waals surface area (Å²) in [4.78, 5) is 7.91. The number of halogens is 1. The quantitative estimate of drug-likeness (QED) is 0.509. The summed E-state index contributed by atoms with van der Waals surface area (Å²) in [5.74, 6) is 1.25. The van der Waals surface area contributed by atoms with E-state index < -0.39 is 6.10 Å². The molecule has 0 aromatic heterocycles. The van der Waals surface area contributed by atoms with Crippen molar-refractivity contribution >= 4 is 17.3 Å². The minimum atomic E-state index is -0.587. The van der Waals surface area contributed by atoms with Crippen molar-refractivity contribution in [2.24, 2.45) is 11.1 Å². The van der Waals surface area contributed by atoms with Crippen LogP contribution in [0.15, 0.2) is 53.7 Å². The van der Waals surface area contributed by atoms with E-state index in [1.807, 2.05) is 48.5 Å². The second-order valence-electron chi connectivity index (χ2n) is 8.61. The molecule has 1 N–H and O–H groups in total. The van der Waals surface area contributed by atoms with E-state index >= 15 is 0 Å². The number of methoxy groups -OCH3 is 1. The van der Waals surface area contributed by atoms with Gasteiger partial charge in [-0.15, -0.1) is 0 Å². The zero-order valence-corrected chi connectivity index (χ0v) is 19.8. The van der Waals surface area contributed by atoms with E-state index in [1.165, 1.54) is 0 Å². The van der Waals surface area contributed by atoms with E-state index in [-0.39, 0.29) is 6.10 Å². The molecular formula is C25H33ClN2O4. The van der Waals surface area contributed by atoms with Gasteiger partial charge in [0.2, 0.25) is 0 Å². The zero-order chi connectivity index (χ0) is 22.9. The summed E-state index contributed by atoms with van der Waals surface area (Å²) < 4.78 is 10.9. The fraction of sp³-hybridized carbons (Fsp3) is 0.480. The normalized spacial score (nSPS) is 16.8. The van der Waals surface area contributed by atoms with Crippen molar-refractivity contribution in [3.8, 4) is 5.75 Å². The lowest BCUT2D eigenvalue weighted by molar-refractivity contribution is -0.00734. The highest BCUT2D eigenvalue weighted by atomic mass is 35.5. The SMILES string of the molecule is COc1ccc(C2=NO[C@@H](CN(Cc3cccc(Cl)c3)C[C@H](O)COCC(C)C)C2)cc1. The third kappa shape index (κ3) is 7.78. The van der Waals surface area contributed by atoms with Gasteiger partial charge in [-0.1, -0.05) is 42.7 Å². The molecule has 0 unspecified atom stereocenters. The van der Waals surface area contributed by atoms with Gasteiger partial charge in [-0.2, -0.15) is 0 Å². The first-order valence-corrected chi connectivity index (χ1v) is 11.4. The van der Waals surface area contributed by atoms with Crippen molar-refractivity contribution < 1.29 is 19.4 Å². The van der Waals surface area contributed by atoms with Gasteiger partial charge in [0.1, 0.15) is 11.9 Å². The molecule has 0 spiro atoms. The Morgan fingerprint density at radius 3 is 2.66 bits per heavy atom. The molecule has 1 aliphatic heterocycles. The Hall–Kier alpha value is -2.12. The van der Waals surface area contributed by atoms with Crippen molar-refractivity contribution in [2.45, 2.75) is 39.0 Å². The number of hydrogen-bond donors (Lipinski definition) is 1. The Kier molecular flexibility index (Phi) is 9.36. The van der Waals surface area contributed by atoms with Crippen LogP contribution in [0.1, 0.15) is 31.4 Å². The van der Waals surface area contributed by atoms with Gasteiger partial charge in [0.25, 0.3) is 0 Å². The van der Waals surface area contributed by atoms with Crippen LogP contribution >= 0.6 is 11.6 Å². The molecule has 7 heteroatoms. The number of ether oxygens (including phenoxy) is 2. The second-order valence-corrected chi connectivity index (χ2v) is 9.04. The van der Waals surface area contributed by atoms with E-state index in [4.69, 9.17) is 25.9 Å². The first-order chi connectivity index (χ1) is 15.4. The Morgan fingerprint density at radius 2 is 1.97 bits per heavy atom. The summed E-state index contributed by atoms with van der Waals surface area (Å²) in [6, 6.07) is 15.6. The first-order valence-electron chi connectivity index (χ1n) is 11.0. The maximum absolute atomic E-state index is 10.5. The molecule has 0 radical (unpaired) electrons.